The van der Waals surface area contributed by atoms with Gasteiger partial charge in [0.15, 0.2) is 0 Å². The van der Waals surface area contributed by atoms with Gasteiger partial charge in [0.05, 0.1) is 11.8 Å². The Morgan fingerprint density at radius 1 is 0.453 bits per heavy atom. The van der Waals surface area contributed by atoms with E-state index in [9.17, 15) is 47.9 Å². The van der Waals surface area contributed by atoms with Crippen molar-refractivity contribution in [1.82, 2.24) is 52.3 Å². The van der Waals surface area contributed by atoms with Crippen molar-refractivity contribution in [2.24, 2.45) is 47.0 Å². The topological polar surface area (TPSA) is 325 Å². The fraction of sp³-hybridized carbons (Fsp3) is 0.656. The van der Waals surface area contributed by atoms with Crippen LogP contribution in [0.4, 0.5) is 0 Å². The number of nitrogens with zero attached hydrogens (tertiary/aromatic N) is 2. The number of rotatable bonds is 16. The Morgan fingerprint density at radius 3 is 1.14 bits per heavy atom. The second-order valence-electron chi connectivity index (χ2n) is 25.3. The molecule has 3 heterocycles. The van der Waals surface area contributed by atoms with Gasteiger partial charge in [-0.05, 0) is 112 Å². The van der Waals surface area contributed by atoms with E-state index in [-0.39, 0.29) is 101 Å². The molecule has 3 saturated heterocycles. The molecule has 0 aliphatic carbocycles. The highest BCUT2D eigenvalue weighted by atomic mass is 16.2. The zero-order valence-electron chi connectivity index (χ0n) is 52.1. The molecule has 86 heavy (non-hydrogen) atoms. The van der Waals surface area contributed by atoms with E-state index in [4.69, 9.17) is 11.5 Å². The van der Waals surface area contributed by atoms with Crippen LogP contribution in [0.3, 0.4) is 0 Å². The van der Waals surface area contributed by atoms with Crippen molar-refractivity contribution < 1.29 is 47.9 Å². The molecule has 22 heteroatoms. The second kappa shape index (κ2) is 35.0. The fourth-order valence-electron chi connectivity index (χ4n) is 11.8. The quantitative estimate of drug-likeness (QED) is 0.116. The van der Waals surface area contributed by atoms with Gasteiger partial charge in [-0.25, -0.2) is 0 Å². The van der Waals surface area contributed by atoms with Crippen LogP contribution in [0.15, 0.2) is 60.7 Å². The van der Waals surface area contributed by atoms with Crippen LogP contribution in [0.1, 0.15) is 144 Å². The number of benzene rings is 2. The van der Waals surface area contributed by atoms with E-state index in [0.717, 1.165) is 11.1 Å². The first-order valence-electron chi connectivity index (χ1n) is 31.4. The van der Waals surface area contributed by atoms with E-state index < -0.39 is 119 Å². The highest BCUT2D eigenvalue weighted by Crippen LogP contribution is 2.24. The van der Waals surface area contributed by atoms with Gasteiger partial charge >= 0.3 is 0 Å². The second-order valence-corrected chi connectivity index (χ2v) is 25.3. The summed E-state index contributed by atoms with van der Waals surface area (Å²) in [6.45, 7) is 15.8. The van der Waals surface area contributed by atoms with Crippen molar-refractivity contribution in [3.05, 3.63) is 71.8 Å². The summed E-state index contributed by atoms with van der Waals surface area (Å²) in [6, 6.07) is 10.7. The van der Waals surface area contributed by atoms with Gasteiger partial charge in [-0.3, -0.25) is 47.9 Å². The van der Waals surface area contributed by atoms with Crippen LogP contribution < -0.4 is 54.0 Å². The molecule has 10 atom stereocenters. The molecule has 5 rings (SSSR count). The van der Waals surface area contributed by atoms with Crippen LogP contribution in [-0.4, -0.2) is 156 Å². The Labute approximate surface area is 509 Å². The number of nitrogens with one attached hydrogen (secondary N) is 8. The van der Waals surface area contributed by atoms with E-state index in [1.54, 1.807) is 0 Å². The lowest BCUT2D eigenvalue weighted by Crippen LogP contribution is -2.57. The van der Waals surface area contributed by atoms with E-state index >= 15 is 0 Å². The van der Waals surface area contributed by atoms with Gasteiger partial charge in [-0.15, -0.1) is 0 Å². The molecule has 0 bridgehead atoms. The van der Waals surface area contributed by atoms with E-state index in [1.165, 1.54) is 9.80 Å². The molecule has 22 nitrogen and oxygen atoms in total. The van der Waals surface area contributed by atoms with Crippen LogP contribution in [0.2, 0.25) is 0 Å². The van der Waals surface area contributed by atoms with E-state index in [0.29, 0.717) is 51.4 Å². The fourth-order valence-corrected chi connectivity index (χ4v) is 11.8. The summed E-state index contributed by atoms with van der Waals surface area (Å²) in [5.74, 6) is -7.19. The summed E-state index contributed by atoms with van der Waals surface area (Å²) < 4.78 is 0. The summed E-state index contributed by atoms with van der Waals surface area (Å²) in [7, 11) is 0. The Balaban J connectivity index is 1.51. The molecule has 0 aromatic heterocycles. The first-order valence-corrected chi connectivity index (χ1v) is 31.4. The number of carbonyl (C=O) groups is 10. The Hall–Kier alpha value is -6.94. The number of nitrogens with two attached hydrogens (primary N) is 2. The van der Waals surface area contributed by atoms with Crippen molar-refractivity contribution in [2.75, 3.05) is 39.3 Å². The molecule has 0 spiro atoms. The lowest BCUT2D eigenvalue weighted by Gasteiger charge is -2.31. The molecular weight excluding hydrogens is 1100 g/mol. The summed E-state index contributed by atoms with van der Waals surface area (Å²) in [6.07, 6.45) is 3.32. The van der Waals surface area contributed by atoms with Gasteiger partial charge in [0.1, 0.15) is 36.3 Å². The minimum atomic E-state index is -1.10. The molecule has 10 amide bonds. The first-order chi connectivity index (χ1) is 41.0. The number of hydrogen-bond acceptors (Lipinski definition) is 12. The highest BCUT2D eigenvalue weighted by molar-refractivity contribution is 5.95. The maximum Gasteiger partial charge on any atom is 0.246 e. The standard InChI is InChI=1S/C64H100N12O10/c1-39(2)31-45-35-55(77)71-51(33-43-19-11-9-12-20-43)63(85)75-29-17-25-53(75)61(83)68-38-48(42(7)8)58(80)74-50(24-16-28-66)60(82)70-46(32-40(3)4)36-56(78)72-52(34-44-21-13-10-14-22-44)64(86)76-30-18-26-54(76)62(84)67-37-47(41(5)6)57(79)73-49(23-15-27-65)59(81)69-45/h9-14,19-22,39-42,45-54H,15-18,23-38,65-66H2,1-8H3,(H,67,84)(H,68,83)(H,69,81)(H,70,82)(H,71,77)(H,72,78)(H,73,79)(H,74,80)/t45-,46-,47-,48+,49-,50-,51+,52+,53-,54-/m0/s1. The predicted molar refractivity (Wildman–Crippen MR) is 329 cm³/mol. The van der Waals surface area contributed by atoms with Gasteiger partial charge in [0.2, 0.25) is 59.1 Å². The predicted octanol–water partition coefficient (Wildman–Crippen LogP) is 2.50. The summed E-state index contributed by atoms with van der Waals surface area (Å²) in [5, 5.41) is 23.6. The zero-order chi connectivity index (χ0) is 63.0. The zero-order valence-corrected chi connectivity index (χ0v) is 52.1. The third-order valence-corrected chi connectivity index (χ3v) is 16.5. The average Bonchev–Trinajstić information content (AvgIpc) is 2.83. The van der Waals surface area contributed by atoms with Crippen LogP contribution in [0.5, 0.6) is 0 Å². The minimum Gasteiger partial charge on any atom is -0.353 e. The molecule has 3 fully saturated rings. The molecule has 0 radical (unpaired) electrons. The van der Waals surface area contributed by atoms with Crippen molar-refractivity contribution >= 4 is 59.1 Å². The average molecular weight is 1200 g/mol. The molecule has 0 unspecified atom stereocenters. The molecule has 12 N–H and O–H groups in total. The van der Waals surface area contributed by atoms with Gasteiger partial charge < -0.3 is 63.8 Å². The minimum absolute atomic E-state index is 0.0101. The molecule has 2 aromatic carbocycles. The van der Waals surface area contributed by atoms with Gasteiger partial charge in [0.25, 0.3) is 0 Å². The molecule has 3 aliphatic heterocycles. The molecular formula is C64H100N12O10. The number of amides is 10. The number of fused-ring (bicyclic) bond motifs is 2. The molecule has 3 aliphatic rings. The van der Waals surface area contributed by atoms with E-state index in [2.05, 4.69) is 42.5 Å². The van der Waals surface area contributed by atoms with Crippen molar-refractivity contribution in [2.45, 2.75) is 194 Å². The van der Waals surface area contributed by atoms with Crippen molar-refractivity contribution in [3.8, 4) is 0 Å². The summed E-state index contributed by atoms with van der Waals surface area (Å²) in [4.78, 5) is 147. The lowest BCUT2D eigenvalue weighted by molar-refractivity contribution is -0.142. The third-order valence-electron chi connectivity index (χ3n) is 16.5. The van der Waals surface area contributed by atoms with E-state index in [1.807, 2.05) is 116 Å². The number of hydrogen-bond donors (Lipinski definition) is 10. The normalized spacial score (nSPS) is 26.4. The number of carbonyl (C=O) groups excluding carboxylic acids is 10. The summed E-state index contributed by atoms with van der Waals surface area (Å²) in [5.41, 5.74) is 13.4. The van der Waals surface area contributed by atoms with Crippen LogP contribution in [0.25, 0.3) is 0 Å². The maximum atomic E-state index is 14.8. The van der Waals surface area contributed by atoms with Crippen LogP contribution in [-0.2, 0) is 60.8 Å². The molecule has 0 saturated carbocycles. The third kappa shape index (κ3) is 21.8. The molecule has 2 aromatic rings. The van der Waals surface area contributed by atoms with Gasteiger partial charge in [0, 0.05) is 63.9 Å². The smallest absolute Gasteiger partial charge is 0.246 e. The molecule has 476 valence electrons. The maximum absolute atomic E-state index is 14.8. The van der Waals surface area contributed by atoms with Crippen molar-refractivity contribution in [3.63, 3.8) is 0 Å². The lowest BCUT2D eigenvalue weighted by atomic mass is 9.93. The van der Waals surface area contributed by atoms with Gasteiger partial charge in [-0.1, -0.05) is 116 Å². The highest BCUT2D eigenvalue weighted by Gasteiger charge is 2.41. The largest absolute Gasteiger partial charge is 0.353 e. The first kappa shape index (κ1) is 69.8. The Bertz CT molecular complexity index is 2390. The Kier molecular flexibility index (Phi) is 28.4. The SMILES string of the molecule is CC(C)C[C@H]1CC(=O)N[C@H](Cc2ccccc2)C(=O)N2CCC[C@H]2C(=O)NC[C@H](C(C)C)C(=O)N[C@@H](CCCN)C(=O)N[C@@H](CC(C)C)CC(=O)N[C@H](Cc2ccccc2)C(=O)N2CCC[C@H]2C(=O)NC[C@@H](C(C)C)C(=O)N[C@@H](CCCN)C(=O)N1. The van der Waals surface area contributed by atoms with Crippen LogP contribution in [0, 0.1) is 35.5 Å². The van der Waals surface area contributed by atoms with Gasteiger partial charge in [-0.2, -0.15) is 0 Å². The summed E-state index contributed by atoms with van der Waals surface area (Å²) >= 11 is 0. The van der Waals surface area contributed by atoms with Crippen LogP contribution >= 0.6 is 0 Å². The monoisotopic (exact) mass is 1200 g/mol. The Morgan fingerprint density at radius 2 is 0.814 bits per heavy atom. The van der Waals surface area contributed by atoms with Crippen molar-refractivity contribution in [1.29, 1.82) is 0 Å².